The number of hydrogen-bond acceptors (Lipinski definition) is 7. The standard InChI is InChI=1S/C27H38N4O4S2/c1-7-12-31-23(32)21-17-11-10-16(27(5,6)8-2)13-19(17)37-22(21)30-26(31)36-14-18-20(24(33)35-9-3)15(4)28-25(34)29-18/h15-16H,7-14H2,1-6H3,(H2,28,29,34). The monoisotopic (exact) mass is 546 g/mol. The van der Waals surface area contributed by atoms with E-state index in [1.165, 1.54) is 22.2 Å². The van der Waals surface area contributed by atoms with Gasteiger partial charge >= 0.3 is 12.0 Å². The SMILES string of the molecule is CCCn1c(SCC2=C(C(=O)OCC)C(C)NC(=O)N2)nc2sc3c(c2c1=O)CCC(C(C)(C)CC)C3. The van der Waals surface area contributed by atoms with Gasteiger partial charge in [0.1, 0.15) is 4.83 Å². The van der Waals surface area contributed by atoms with Crippen LogP contribution in [0.25, 0.3) is 10.2 Å². The van der Waals surface area contributed by atoms with E-state index in [4.69, 9.17) is 9.72 Å². The van der Waals surface area contributed by atoms with E-state index in [-0.39, 0.29) is 23.6 Å². The van der Waals surface area contributed by atoms with Gasteiger partial charge in [0.25, 0.3) is 5.56 Å². The number of ether oxygens (including phenoxy) is 1. The van der Waals surface area contributed by atoms with Crippen molar-refractivity contribution in [2.45, 2.75) is 91.4 Å². The van der Waals surface area contributed by atoms with Gasteiger partial charge in [0.05, 0.1) is 23.6 Å². The Bertz CT molecular complexity index is 1290. The molecule has 2 atom stereocenters. The lowest BCUT2D eigenvalue weighted by Crippen LogP contribution is -2.49. The normalized spacial score (nSPS) is 20.0. The van der Waals surface area contributed by atoms with Gasteiger partial charge in [0.2, 0.25) is 0 Å². The molecule has 0 saturated carbocycles. The number of carbonyl (C=O) groups is 2. The van der Waals surface area contributed by atoms with Crippen LogP contribution >= 0.6 is 23.1 Å². The third-order valence-corrected chi connectivity index (χ3v) is 9.96. The van der Waals surface area contributed by atoms with Crippen molar-refractivity contribution in [3.8, 4) is 0 Å². The van der Waals surface area contributed by atoms with Crippen LogP contribution in [-0.4, -0.2) is 40.0 Å². The van der Waals surface area contributed by atoms with E-state index in [0.29, 0.717) is 34.6 Å². The van der Waals surface area contributed by atoms with Crippen molar-refractivity contribution in [3.05, 3.63) is 32.1 Å². The number of aromatic nitrogens is 2. The molecule has 0 bridgehead atoms. The summed E-state index contributed by atoms with van der Waals surface area (Å²) in [6, 6.07) is -0.831. The van der Waals surface area contributed by atoms with E-state index in [1.807, 2.05) is 6.92 Å². The van der Waals surface area contributed by atoms with Crippen LogP contribution in [0, 0.1) is 11.3 Å². The van der Waals surface area contributed by atoms with Crippen LogP contribution in [0.4, 0.5) is 4.79 Å². The minimum absolute atomic E-state index is 0.0161. The average Bonchev–Trinajstić information content (AvgIpc) is 3.22. The number of rotatable bonds is 9. The Morgan fingerprint density at radius 2 is 2.03 bits per heavy atom. The highest BCUT2D eigenvalue weighted by molar-refractivity contribution is 7.99. The molecule has 0 fully saturated rings. The Hall–Kier alpha value is -2.33. The maximum atomic E-state index is 13.8. The van der Waals surface area contributed by atoms with Crippen LogP contribution in [0.5, 0.6) is 0 Å². The van der Waals surface area contributed by atoms with Gasteiger partial charge in [-0.3, -0.25) is 9.36 Å². The summed E-state index contributed by atoms with van der Waals surface area (Å²) in [4.78, 5) is 45.6. The Kier molecular flexibility index (Phi) is 8.38. The Morgan fingerprint density at radius 1 is 1.27 bits per heavy atom. The summed E-state index contributed by atoms with van der Waals surface area (Å²) < 4.78 is 6.99. The number of amides is 2. The van der Waals surface area contributed by atoms with Crippen LogP contribution in [0.3, 0.4) is 0 Å². The number of carbonyl (C=O) groups excluding carboxylic acids is 2. The van der Waals surface area contributed by atoms with Crippen LogP contribution in [0.2, 0.25) is 0 Å². The van der Waals surface area contributed by atoms with E-state index in [9.17, 15) is 14.4 Å². The second-order valence-electron chi connectivity index (χ2n) is 10.5. The van der Waals surface area contributed by atoms with Gasteiger partial charge in [-0.05, 0) is 56.4 Å². The molecule has 2 N–H and O–H groups in total. The number of nitrogens with one attached hydrogen (secondary N) is 2. The molecule has 3 heterocycles. The van der Waals surface area contributed by atoms with E-state index >= 15 is 0 Å². The Balaban J connectivity index is 1.71. The van der Waals surface area contributed by atoms with Crippen molar-refractivity contribution in [1.82, 2.24) is 20.2 Å². The number of thioether (sulfide) groups is 1. The van der Waals surface area contributed by atoms with Gasteiger partial charge in [-0.1, -0.05) is 45.9 Å². The first-order valence-corrected chi connectivity index (χ1v) is 15.1. The molecule has 37 heavy (non-hydrogen) atoms. The predicted octanol–water partition coefficient (Wildman–Crippen LogP) is 5.02. The lowest BCUT2D eigenvalue weighted by molar-refractivity contribution is -0.138. The van der Waals surface area contributed by atoms with Crippen molar-refractivity contribution < 1.29 is 14.3 Å². The molecule has 0 saturated heterocycles. The summed E-state index contributed by atoms with van der Waals surface area (Å²) in [6.45, 7) is 13.3. The van der Waals surface area contributed by atoms with Crippen LogP contribution in [0.15, 0.2) is 21.2 Å². The first-order valence-electron chi connectivity index (χ1n) is 13.3. The summed E-state index contributed by atoms with van der Waals surface area (Å²) >= 11 is 3.03. The fourth-order valence-corrected chi connectivity index (χ4v) is 7.59. The summed E-state index contributed by atoms with van der Waals surface area (Å²) in [5.41, 5.74) is 2.37. The smallest absolute Gasteiger partial charge is 0.337 e. The van der Waals surface area contributed by atoms with Gasteiger partial charge in [-0.15, -0.1) is 11.3 Å². The minimum Gasteiger partial charge on any atom is -0.463 e. The Morgan fingerprint density at radius 3 is 2.70 bits per heavy atom. The zero-order chi connectivity index (χ0) is 26.9. The van der Waals surface area contributed by atoms with E-state index < -0.39 is 12.0 Å². The molecule has 1 aliphatic carbocycles. The molecule has 2 aliphatic rings. The minimum atomic E-state index is -0.471. The molecule has 2 aromatic rings. The first-order chi connectivity index (χ1) is 17.6. The molecule has 2 amide bonds. The third kappa shape index (κ3) is 5.46. The Labute approximate surface area is 226 Å². The molecule has 202 valence electrons. The molecule has 0 aromatic carbocycles. The number of fused-ring (bicyclic) bond motifs is 3. The topological polar surface area (TPSA) is 102 Å². The number of hydrogen-bond donors (Lipinski definition) is 2. The predicted molar refractivity (Wildman–Crippen MR) is 149 cm³/mol. The van der Waals surface area contributed by atoms with Gasteiger partial charge in [0.15, 0.2) is 5.16 Å². The number of aryl methyl sites for hydroxylation is 1. The summed E-state index contributed by atoms with van der Waals surface area (Å²) in [5.74, 6) is 0.442. The lowest BCUT2D eigenvalue weighted by Gasteiger charge is -2.36. The second kappa shape index (κ2) is 11.2. The fraction of sp³-hybridized carbons (Fsp3) is 0.630. The van der Waals surface area contributed by atoms with Gasteiger partial charge in [-0.25, -0.2) is 14.6 Å². The maximum absolute atomic E-state index is 13.8. The number of thiophene rings is 1. The second-order valence-corrected chi connectivity index (χ2v) is 12.6. The van der Waals surface area contributed by atoms with Crippen molar-refractivity contribution in [2.75, 3.05) is 12.4 Å². The molecule has 0 radical (unpaired) electrons. The first kappa shape index (κ1) is 27.7. The number of esters is 1. The fourth-order valence-electron chi connectivity index (χ4n) is 5.26. The third-order valence-electron chi connectivity index (χ3n) is 7.81. The van der Waals surface area contributed by atoms with Crippen molar-refractivity contribution in [1.29, 1.82) is 0 Å². The molecule has 2 aromatic heterocycles. The van der Waals surface area contributed by atoms with Gasteiger partial charge in [-0.2, -0.15) is 0 Å². The number of urea groups is 1. The summed E-state index contributed by atoms with van der Waals surface area (Å²) in [6.07, 6.45) is 4.95. The molecule has 10 heteroatoms. The van der Waals surface area contributed by atoms with Gasteiger partial charge in [0, 0.05) is 22.9 Å². The maximum Gasteiger partial charge on any atom is 0.337 e. The van der Waals surface area contributed by atoms with Gasteiger partial charge < -0.3 is 15.4 Å². The molecular weight excluding hydrogens is 508 g/mol. The van der Waals surface area contributed by atoms with Crippen LogP contribution in [0.1, 0.15) is 71.2 Å². The molecule has 2 unspecified atom stereocenters. The summed E-state index contributed by atoms with van der Waals surface area (Å²) in [7, 11) is 0. The molecule has 1 aliphatic heterocycles. The van der Waals surface area contributed by atoms with Crippen molar-refractivity contribution in [2.24, 2.45) is 11.3 Å². The highest BCUT2D eigenvalue weighted by Gasteiger charge is 2.34. The van der Waals surface area contributed by atoms with Crippen molar-refractivity contribution >= 4 is 45.3 Å². The summed E-state index contributed by atoms with van der Waals surface area (Å²) in [5, 5.41) is 6.88. The van der Waals surface area contributed by atoms with E-state index in [0.717, 1.165) is 42.3 Å². The lowest BCUT2D eigenvalue weighted by atomic mass is 9.70. The largest absolute Gasteiger partial charge is 0.463 e. The molecular formula is C27H38N4O4S2. The highest BCUT2D eigenvalue weighted by Crippen LogP contribution is 2.44. The highest BCUT2D eigenvalue weighted by atomic mass is 32.2. The zero-order valence-corrected chi connectivity index (χ0v) is 24.3. The van der Waals surface area contributed by atoms with Crippen LogP contribution in [-0.2, 0) is 28.9 Å². The number of nitrogens with zero attached hydrogens (tertiary/aromatic N) is 2. The molecule has 4 rings (SSSR count). The average molecular weight is 547 g/mol. The van der Waals surface area contributed by atoms with E-state index in [2.05, 4.69) is 31.4 Å². The van der Waals surface area contributed by atoms with E-state index in [1.54, 1.807) is 29.8 Å². The van der Waals surface area contributed by atoms with Crippen molar-refractivity contribution in [3.63, 3.8) is 0 Å². The molecule has 8 nitrogen and oxygen atoms in total. The van der Waals surface area contributed by atoms with Crippen LogP contribution < -0.4 is 16.2 Å². The quantitative estimate of drug-likeness (QED) is 0.260. The molecule has 0 spiro atoms. The zero-order valence-electron chi connectivity index (χ0n) is 22.7.